The van der Waals surface area contributed by atoms with Crippen molar-refractivity contribution in [3.05, 3.63) is 10.6 Å². The van der Waals surface area contributed by atoms with Gasteiger partial charge in [-0.2, -0.15) is 0 Å². The number of carboxylic acids is 1. The fourth-order valence-electron chi connectivity index (χ4n) is 2.38. The number of carboxylic acid groups (broad SMARTS) is 1. The summed E-state index contributed by atoms with van der Waals surface area (Å²) in [5.41, 5.74) is 0.186. The van der Waals surface area contributed by atoms with Gasteiger partial charge in [-0.15, -0.1) is 11.3 Å². The van der Waals surface area contributed by atoms with Gasteiger partial charge in [-0.05, 0) is 32.9 Å². The van der Waals surface area contributed by atoms with E-state index >= 15 is 0 Å². The molecule has 1 saturated heterocycles. The molecule has 1 aliphatic rings. The quantitative estimate of drug-likeness (QED) is 0.898. The zero-order valence-electron chi connectivity index (χ0n) is 11.0. The summed E-state index contributed by atoms with van der Waals surface area (Å²) in [5, 5.41) is 9.80. The number of likely N-dealkylation sites (tertiary alicyclic amines) is 1. The van der Waals surface area contributed by atoms with Crippen LogP contribution in [-0.4, -0.2) is 54.7 Å². The Kier molecular flexibility index (Phi) is 3.87. The van der Waals surface area contributed by atoms with Gasteiger partial charge >= 0.3 is 5.97 Å². The molecular formula is C12H19N3O2S. The van der Waals surface area contributed by atoms with E-state index in [9.17, 15) is 4.79 Å². The van der Waals surface area contributed by atoms with E-state index in [1.807, 2.05) is 14.0 Å². The summed E-state index contributed by atoms with van der Waals surface area (Å²) in [4.78, 5) is 20.3. The fraction of sp³-hybridized carbons (Fsp3) is 0.667. The Labute approximate surface area is 111 Å². The molecule has 1 atom stereocenters. The average molecular weight is 269 g/mol. The molecule has 1 fully saturated rings. The van der Waals surface area contributed by atoms with E-state index in [1.54, 1.807) is 0 Å². The molecule has 1 unspecified atom stereocenters. The van der Waals surface area contributed by atoms with Crippen molar-refractivity contribution in [1.82, 2.24) is 9.88 Å². The number of hydrogen-bond donors (Lipinski definition) is 1. The van der Waals surface area contributed by atoms with E-state index < -0.39 is 5.97 Å². The summed E-state index contributed by atoms with van der Waals surface area (Å²) in [6, 6.07) is 0. The van der Waals surface area contributed by atoms with E-state index in [2.05, 4.69) is 21.8 Å². The van der Waals surface area contributed by atoms with Crippen molar-refractivity contribution in [3.63, 3.8) is 0 Å². The van der Waals surface area contributed by atoms with Crippen LogP contribution in [0.4, 0.5) is 5.13 Å². The number of anilines is 1. The molecule has 0 spiro atoms. The summed E-state index contributed by atoms with van der Waals surface area (Å²) in [6.45, 7) is 5.01. The van der Waals surface area contributed by atoms with E-state index in [-0.39, 0.29) is 5.69 Å². The Morgan fingerprint density at radius 2 is 2.39 bits per heavy atom. The van der Waals surface area contributed by atoms with Gasteiger partial charge in [-0.1, -0.05) is 0 Å². The van der Waals surface area contributed by atoms with Crippen LogP contribution in [0.25, 0.3) is 0 Å². The first kappa shape index (κ1) is 13.3. The summed E-state index contributed by atoms with van der Waals surface area (Å²) in [6.07, 6.45) is 1.21. The minimum absolute atomic E-state index is 0.186. The topological polar surface area (TPSA) is 56.7 Å². The highest BCUT2D eigenvalue weighted by atomic mass is 32.1. The number of aromatic nitrogens is 1. The fourth-order valence-corrected chi connectivity index (χ4v) is 3.26. The molecule has 2 rings (SSSR count). The van der Waals surface area contributed by atoms with E-state index in [0.29, 0.717) is 5.92 Å². The van der Waals surface area contributed by atoms with E-state index in [0.717, 1.165) is 29.6 Å². The number of nitrogens with zero attached hydrogens (tertiary/aromatic N) is 3. The Hall–Kier alpha value is -1.14. The molecule has 5 nitrogen and oxygen atoms in total. The predicted molar refractivity (Wildman–Crippen MR) is 72.7 cm³/mol. The van der Waals surface area contributed by atoms with Crippen LogP contribution in [-0.2, 0) is 0 Å². The monoisotopic (exact) mass is 269 g/mol. The molecule has 1 N–H and O–H groups in total. The molecule has 1 aliphatic heterocycles. The summed E-state index contributed by atoms with van der Waals surface area (Å²) < 4.78 is 0. The number of aryl methyl sites for hydroxylation is 1. The number of aromatic carboxylic acids is 1. The van der Waals surface area contributed by atoms with Gasteiger partial charge in [0.05, 0.1) is 0 Å². The summed E-state index contributed by atoms with van der Waals surface area (Å²) >= 11 is 1.46. The highest BCUT2D eigenvalue weighted by Crippen LogP contribution is 2.26. The van der Waals surface area contributed by atoms with Gasteiger partial charge in [-0.3, -0.25) is 0 Å². The van der Waals surface area contributed by atoms with E-state index in [4.69, 9.17) is 5.11 Å². The Balaban J connectivity index is 2.02. The largest absolute Gasteiger partial charge is 0.476 e. The molecule has 1 aromatic rings. The third-order valence-electron chi connectivity index (χ3n) is 3.34. The third-order valence-corrected chi connectivity index (χ3v) is 4.42. The average Bonchev–Trinajstić information content (AvgIpc) is 2.85. The second-order valence-corrected chi connectivity index (χ2v) is 6.19. The van der Waals surface area contributed by atoms with Crippen molar-refractivity contribution in [2.45, 2.75) is 13.3 Å². The van der Waals surface area contributed by atoms with Gasteiger partial charge in [-0.25, -0.2) is 9.78 Å². The molecule has 0 amide bonds. The molecule has 18 heavy (non-hydrogen) atoms. The van der Waals surface area contributed by atoms with Crippen molar-refractivity contribution in [2.24, 2.45) is 5.92 Å². The van der Waals surface area contributed by atoms with Crippen LogP contribution in [0.15, 0.2) is 0 Å². The molecular weight excluding hydrogens is 250 g/mol. The molecule has 100 valence electrons. The first-order valence-corrected chi connectivity index (χ1v) is 6.89. The van der Waals surface area contributed by atoms with Gasteiger partial charge < -0.3 is 14.9 Å². The standard InChI is InChI=1S/C12H19N3O2S/c1-8-10(11(16)17)13-12(18-8)15(3)7-9-4-5-14(2)6-9/h9H,4-7H2,1-3H3,(H,16,17). The smallest absolute Gasteiger partial charge is 0.355 e. The van der Waals surface area contributed by atoms with E-state index in [1.165, 1.54) is 17.8 Å². The van der Waals surface area contributed by atoms with Gasteiger partial charge in [0.1, 0.15) is 0 Å². The predicted octanol–water partition coefficient (Wildman–Crippen LogP) is 1.54. The molecule has 0 aliphatic carbocycles. The van der Waals surface area contributed by atoms with Gasteiger partial charge in [0, 0.05) is 25.0 Å². The number of thiazole rings is 1. The zero-order chi connectivity index (χ0) is 13.3. The van der Waals surface area contributed by atoms with Crippen LogP contribution < -0.4 is 4.90 Å². The van der Waals surface area contributed by atoms with Crippen LogP contribution in [0.2, 0.25) is 0 Å². The lowest BCUT2D eigenvalue weighted by Gasteiger charge is -2.20. The van der Waals surface area contributed by atoms with Crippen molar-refractivity contribution < 1.29 is 9.90 Å². The Bertz CT molecular complexity index is 447. The molecule has 0 saturated carbocycles. The molecule has 0 radical (unpaired) electrons. The number of carbonyl (C=O) groups is 1. The Morgan fingerprint density at radius 1 is 1.67 bits per heavy atom. The highest BCUT2D eigenvalue weighted by molar-refractivity contribution is 7.15. The number of rotatable bonds is 4. The van der Waals surface area contributed by atoms with Crippen molar-refractivity contribution in [2.75, 3.05) is 38.6 Å². The Morgan fingerprint density at radius 3 is 2.89 bits per heavy atom. The van der Waals surface area contributed by atoms with Crippen LogP contribution in [0, 0.1) is 12.8 Å². The first-order chi connectivity index (χ1) is 8.47. The third kappa shape index (κ3) is 2.81. The molecule has 0 bridgehead atoms. The van der Waals surface area contributed by atoms with Crippen molar-refractivity contribution in [3.8, 4) is 0 Å². The molecule has 6 heteroatoms. The molecule has 0 aromatic carbocycles. The number of hydrogen-bond acceptors (Lipinski definition) is 5. The lowest BCUT2D eigenvalue weighted by atomic mass is 10.1. The van der Waals surface area contributed by atoms with Crippen molar-refractivity contribution in [1.29, 1.82) is 0 Å². The maximum absolute atomic E-state index is 11.0. The van der Waals surface area contributed by atoms with Gasteiger partial charge in [0.2, 0.25) is 0 Å². The molecule has 2 heterocycles. The van der Waals surface area contributed by atoms with Crippen molar-refractivity contribution >= 4 is 22.4 Å². The van der Waals surface area contributed by atoms with Crippen LogP contribution >= 0.6 is 11.3 Å². The lowest BCUT2D eigenvalue weighted by Crippen LogP contribution is -2.27. The zero-order valence-corrected chi connectivity index (χ0v) is 11.8. The highest BCUT2D eigenvalue weighted by Gasteiger charge is 2.23. The molecule has 1 aromatic heterocycles. The van der Waals surface area contributed by atoms with Crippen LogP contribution in [0.5, 0.6) is 0 Å². The summed E-state index contributed by atoms with van der Waals surface area (Å²) in [5.74, 6) is -0.290. The normalized spacial score (nSPS) is 20.3. The lowest BCUT2D eigenvalue weighted by molar-refractivity contribution is 0.0690. The maximum atomic E-state index is 11.0. The van der Waals surface area contributed by atoms with Gasteiger partial charge in [0.15, 0.2) is 10.8 Å². The SMILES string of the molecule is Cc1sc(N(C)CC2CCN(C)C2)nc1C(=O)O. The minimum atomic E-state index is -0.941. The van der Waals surface area contributed by atoms with Gasteiger partial charge in [0.25, 0.3) is 0 Å². The maximum Gasteiger partial charge on any atom is 0.355 e. The van der Waals surface area contributed by atoms with Crippen LogP contribution in [0.3, 0.4) is 0 Å². The second-order valence-electron chi connectivity index (χ2n) is 5.00. The van der Waals surface area contributed by atoms with Crippen LogP contribution in [0.1, 0.15) is 21.8 Å². The first-order valence-electron chi connectivity index (χ1n) is 6.07. The second kappa shape index (κ2) is 5.24. The minimum Gasteiger partial charge on any atom is -0.476 e. The summed E-state index contributed by atoms with van der Waals surface area (Å²) in [7, 11) is 4.12.